The number of hydrogen-bond donors (Lipinski definition) is 1. The predicted octanol–water partition coefficient (Wildman–Crippen LogP) is 4.31. The minimum Gasteiger partial charge on any atom is -0.349 e. The minimum absolute atomic E-state index is 0.0517. The van der Waals surface area contributed by atoms with Crippen molar-refractivity contribution < 1.29 is 4.79 Å². The monoisotopic (exact) mass is 323 g/mol. The maximum atomic E-state index is 12.3. The van der Waals surface area contributed by atoms with E-state index < -0.39 is 0 Å². The molecule has 1 aromatic rings. The molecule has 0 bridgehead atoms. The molecule has 1 fully saturated rings. The summed E-state index contributed by atoms with van der Waals surface area (Å²) in [6, 6.07) is 6.17. The average Bonchev–Trinajstić information content (AvgIpc) is 2.31. The zero-order chi connectivity index (χ0) is 14.0. The van der Waals surface area contributed by atoms with Gasteiger partial charge in [-0.3, -0.25) is 4.79 Å². The number of aryl methyl sites for hydroxylation is 1. The summed E-state index contributed by atoms with van der Waals surface area (Å²) in [5, 5.41) is 3.20. The zero-order valence-corrected chi connectivity index (χ0v) is 13.5. The molecule has 2 nitrogen and oxygen atoms in total. The van der Waals surface area contributed by atoms with E-state index in [-0.39, 0.29) is 5.91 Å². The second-order valence-electron chi connectivity index (χ2n) is 5.99. The Bertz CT molecular complexity index is 452. The van der Waals surface area contributed by atoms with Crippen molar-refractivity contribution in [3.8, 4) is 0 Å². The lowest BCUT2D eigenvalue weighted by Gasteiger charge is -2.33. The van der Waals surface area contributed by atoms with Crippen LogP contribution in [-0.4, -0.2) is 11.9 Å². The average molecular weight is 324 g/mol. The van der Waals surface area contributed by atoms with Crippen LogP contribution in [0.4, 0.5) is 0 Å². The summed E-state index contributed by atoms with van der Waals surface area (Å²) in [7, 11) is 0. The number of halogens is 1. The molecule has 3 atom stereocenters. The molecule has 0 saturated heterocycles. The minimum atomic E-state index is 0.0517. The fourth-order valence-corrected chi connectivity index (χ4v) is 3.61. The van der Waals surface area contributed by atoms with Crippen LogP contribution in [0.1, 0.15) is 49.0 Å². The lowest BCUT2D eigenvalue weighted by molar-refractivity contribution is 0.0899. The van der Waals surface area contributed by atoms with Gasteiger partial charge in [0.2, 0.25) is 0 Å². The van der Waals surface area contributed by atoms with Crippen LogP contribution >= 0.6 is 15.9 Å². The van der Waals surface area contributed by atoms with E-state index in [9.17, 15) is 4.79 Å². The third-order valence-corrected chi connectivity index (χ3v) is 4.51. The van der Waals surface area contributed by atoms with Crippen LogP contribution in [0.2, 0.25) is 0 Å². The van der Waals surface area contributed by atoms with Crippen molar-refractivity contribution in [3.63, 3.8) is 0 Å². The molecular weight excluding hydrogens is 302 g/mol. The highest BCUT2D eigenvalue weighted by Gasteiger charge is 2.26. The standard InChI is InChI=1S/C16H22BrNO/c1-10-4-5-15(12(3)6-10)18-16(19)13-7-11(2)8-14(17)9-13/h7-10,12,15H,4-6H2,1-3H3,(H,18,19). The Hall–Kier alpha value is -0.830. The van der Waals surface area contributed by atoms with Gasteiger partial charge in [0.25, 0.3) is 5.91 Å². The van der Waals surface area contributed by atoms with Gasteiger partial charge in [-0.2, -0.15) is 0 Å². The van der Waals surface area contributed by atoms with Crippen molar-refractivity contribution in [2.75, 3.05) is 0 Å². The molecule has 3 unspecified atom stereocenters. The fourth-order valence-electron chi connectivity index (χ4n) is 3.00. The van der Waals surface area contributed by atoms with Crippen LogP contribution in [-0.2, 0) is 0 Å². The Labute approximate surface area is 124 Å². The van der Waals surface area contributed by atoms with Crippen LogP contribution in [0.5, 0.6) is 0 Å². The summed E-state index contributed by atoms with van der Waals surface area (Å²) in [6.45, 7) is 6.55. The highest BCUT2D eigenvalue weighted by molar-refractivity contribution is 9.10. The molecule has 1 aliphatic carbocycles. The van der Waals surface area contributed by atoms with Gasteiger partial charge in [0, 0.05) is 16.1 Å². The van der Waals surface area contributed by atoms with E-state index >= 15 is 0 Å². The summed E-state index contributed by atoms with van der Waals surface area (Å²) in [5.41, 5.74) is 1.85. The third-order valence-electron chi connectivity index (χ3n) is 4.05. The third kappa shape index (κ3) is 3.82. The van der Waals surface area contributed by atoms with Gasteiger partial charge in [0.15, 0.2) is 0 Å². The lowest BCUT2D eigenvalue weighted by Crippen LogP contribution is -2.42. The van der Waals surface area contributed by atoms with Gasteiger partial charge in [0.1, 0.15) is 0 Å². The molecule has 0 radical (unpaired) electrons. The highest BCUT2D eigenvalue weighted by Crippen LogP contribution is 2.28. The summed E-state index contributed by atoms with van der Waals surface area (Å²) in [4.78, 5) is 12.3. The van der Waals surface area contributed by atoms with E-state index in [1.54, 1.807) is 0 Å². The van der Waals surface area contributed by atoms with Crippen LogP contribution in [0.25, 0.3) is 0 Å². The van der Waals surface area contributed by atoms with Gasteiger partial charge in [-0.25, -0.2) is 0 Å². The van der Waals surface area contributed by atoms with E-state index in [0.29, 0.717) is 12.0 Å². The Morgan fingerprint density at radius 2 is 2.00 bits per heavy atom. The molecule has 1 N–H and O–H groups in total. The number of hydrogen-bond acceptors (Lipinski definition) is 1. The Morgan fingerprint density at radius 3 is 2.63 bits per heavy atom. The van der Waals surface area contributed by atoms with Crippen molar-refractivity contribution >= 4 is 21.8 Å². The summed E-state index contributed by atoms with van der Waals surface area (Å²) in [5.74, 6) is 1.41. The van der Waals surface area contributed by atoms with Crippen LogP contribution in [0.15, 0.2) is 22.7 Å². The van der Waals surface area contributed by atoms with Gasteiger partial charge < -0.3 is 5.32 Å². The van der Waals surface area contributed by atoms with Crippen LogP contribution in [0, 0.1) is 18.8 Å². The van der Waals surface area contributed by atoms with Gasteiger partial charge in [-0.15, -0.1) is 0 Å². The molecule has 0 heterocycles. The van der Waals surface area contributed by atoms with E-state index in [4.69, 9.17) is 0 Å². The molecule has 0 aliphatic heterocycles. The second-order valence-corrected chi connectivity index (χ2v) is 6.91. The second kappa shape index (κ2) is 6.08. The first-order chi connectivity index (χ1) is 8.95. The Kier molecular flexibility index (Phi) is 4.67. The highest BCUT2D eigenvalue weighted by atomic mass is 79.9. The summed E-state index contributed by atoms with van der Waals surface area (Å²) >= 11 is 3.45. The predicted molar refractivity (Wildman–Crippen MR) is 82.3 cm³/mol. The molecule has 1 aromatic carbocycles. The van der Waals surface area contributed by atoms with Gasteiger partial charge in [0.05, 0.1) is 0 Å². The van der Waals surface area contributed by atoms with Crippen molar-refractivity contribution in [1.29, 1.82) is 0 Å². The molecule has 0 aromatic heterocycles. The molecule has 1 saturated carbocycles. The van der Waals surface area contributed by atoms with Crippen LogP contribution < -0.4 is 5.32 Å². The van der Waals surface area contributed by atoms with Gasteiger partial charge in [-0.1, -0.05) is 29.8 Å². The normalized spacial score (nSPS) is 27.1. The first kappa shape index (κ1) is 14.6. The quantitative estimate of drug-likeness (QED) is 0.863. The van der Waals surface area contributed by atoms with Gasteiger partial charge >= 0.3 is 0 Å². The van der Waals surface area contributed by atoms with Crippen molar-refractivity contribution in [1.82, 2.24) is 5.32 Å². The SMILES string of the molecule is Cc1cc(Br)cc(C(=O)NC2CCC(C)CC2C)c1. The van der Waals surface area contributed by atoms with Crippen LogP contribution in [0.3, 0.4) is 0 Å². The molecule has 2 rings (SSSR count). The number of benzene rings is 1. The van der Waals surface area contributed by atoms with Crippen molar-refractivity contribution in [3.05, 3.63) is 33.8 Å². The number of carbonyl (C=O) groups is 1. The first-order valence-corrected chi connectivity index (χ1v) is 7.83. The molecule has 104 valence electrons. The van der Waals surface area contributed by atoms with E-state index in [2.05, 4.69) is 35.1 Å². The van der Waals surface area contributed by atoms with Gasteiger partial charge in [-0.05, 0) is 61.8 Å². The molecular formula is C16H22BrNO. The van der Waals surface area contributed by atoms with Crippen molar-refractivity contribution in [2.45, 2.75) is 46.1 Å². The first-order valence-electron chi connectivity index (χ1n) is 7.03. The number of amides is 1. The summed E-state index contributed by atoms with van der Waals surface area (Å²) in [6.07, 6.45) is 3.52. The number of nitrogens with one attached hydrogen (secondary N) is 1. The summed E-state index contributed by atoms with van der Waals surface area (Å²) < 4.78 is 0.961. The molecule has 3 heteroatoms. The van der Waals surface area contributed by atoms with E-state index in [1.165, 1.54) is 12.8 Å². The largest absolute Gasteiger partial charge is 0.349 e. The molecule has 0 spiro atoms. The molecule has 19 heavy (non-hydrogen) atoms. The maximum Gasteiger partial charge on any atom is 0.251 e. The van der Waals surface area contributed by atoms with E-state index in [1.807, 2.05) is 25.1 Å². The Morgan fingerprint density at radius 1 is 1.26 bits per heavy atom. The number of rotatable bonds is 2. The topological polar surface area (TPSA) is 29.1 Å². The zero-order valence-electron chi connectivity index (χ0n) is 11.9. The number of carbonyl (C=O) groups excluding carboxylic acids is 1. The Balaban J connectivity index is 2.04. The van der Waals surface area contributed by atoms with E-state index in [0.717, 1.165) is 27.9 Å². The smallest absolute Gasteiger partial charge is 0.251 e. The fraction of sp³-hybridized carbons (Fsp3) is 0.562. The lowest BCUT2D eigenvalue weighted by atomic mass is 9.80. The maximum absolute atomic E-state index is 12.3. The van der Waals surface area contributed by atoms with Crippen molar-refractivity contribution in [2.24, 2.45) is 11.8 Å². The molecule has 1 amide bonds. The molecule has 1 aliphatic rings.